The molecule has 2 rings (SSSR count). The molecule has 0 spiro atoms. The Morgan fingerprint density at radius 3 is 2.71 bits per heavy atom. The molecule has 0 radical (unpaired) electrons. The number of aromatic nitrogens is 2. The summed E-state index contributed by atoms with van der Waals surface area (Å²) in [5, 5.41) is 0. The number of rotatable bonds is 5. The van der Waals surface area contributed by atoms with Crippen LogP contribution in [0.5, 0.6) is 5.75 Å². The minimum atomic E-state index is -1.65. The van der Waals surface area contributed by atoms with Crippen molar-refractivity contribution in [2.24, 2.45) is 4.99 Å². The molecule has 0 bridgehead atoms. The molecular weight excluding hydrogens is 278 g/mol. The van der Waals surface area contributed by atoms with Gasteiger partial charge < -0.3 is 4.43 Å². The first-order valence-electron chi connectivity index (χ1n) is 7.01. The van der Waals surface area contributed by atoms with Gasteiger partial charge >= 0.3 is 0 Å². The van der Waals surface area contributed by atoms with E-state index in [0.717, 1.165) is 17.1 Å². The SMILES string of the molecule is Cc1ccc(N=CCc2cnccn2)c(O[Si](C)(C)C)c1. The second kappa shape index (κ2) is 6.63. The van der Waals surface area contributed by atoms with Gasteiger partial charge in [0.15, 0.2) is 0 Å². The van der Waals surface area contributed by atoms with Gasteiger partial charge in [0.05, 0.1) is 5.69 Å². The second-order valence-corrected chi connectivity index (χ2v) is 10.3. The van der Waals surface area contributed by atoms with Gasteiger partial charge in [-0.05, 0) is 44.3 Å². The molecule has 0 amide bonds. The van der Waals surface area contributed by atoms with E-state index in [1.807, 2.05) is 24.4 Å². The maximum atomic E-state index is 6.11. The Bertz CT molecular complexity index is 621. The normalized spacial score (nSPS) is 11.8. The van der Waals surface area contributed by atoms with Gasteiger partial charge in [0, 0.05) is 31.2 Å². The zero-order valence-corrected chi connectivity index (χ0v) is 14.0. The predicted octanol–water partition coefficient (Wildman–Crippen LogP) is 3.94. The van der Waals surface area contributed by atoms with Crippen molar-refractivity contribution in [1.29, 1.82) is 0 Å². The van der Waals surface area contributed by atoms with E-state index in [1.165, 1.54) is 5.56 Å². The van der Waals surface area contributed by atoms with Crippen LogP contribution in [-0.2, 0) is 6.42 Å². The molecule has 1 aromatic heterocycles. The predicted molar refractivity (Wildman–Crippen MR) is 89.0 cm³/mol. The van der Waals surface area contributed by atoms with Crippen LogP contribution in [0.3, 0.4) is 0 Å². The highest BCUT2D eigenvalue weighted by Crippen LogP contribution is 2.30. The molecule has 5 heteroatoms. The van der Waals surface area contributed by atoms with Crippen LogP contribution >= 0.6 is 0 Å². The van der Waals surface area contributed by atoms with Crippen molar-refractivity contribution in [2.45, 2.75) is 33.0 Å². The third-order valence-electron chi connectivity index (χ3n) is 2.68. The van der Waals surface area contributed by atoms with Crippen LogP contribution in [0, 0.1) is 6.92 Å². The number of benzene rings is 1. The number of aryl methyl sites for hydroxylation is 1. The summed E-state index contributed by atoms with van der Waals surface area (Å²) < 4.78 is 6.11. The maximum absolute atomic E-state index is 6.11. The summed E-state index contributed by atoms with van der Waals surface area (Å²) in [5.41, 5.74) is 2.95. The average Bonchev–Trinajstić information content (AvgIpc) is 2.41. The quantitative estimate of drug-likeness (QED) is 0.620. The zero-order valence-electron chi connectivity index (χ0n) is 13.0. The van der Waals surface area contributed by atoms with Crippen molar-refractivity contribution in [2.75, 3.05) is 0 Å². The lowest BCUT2D eigenvalue weighted by Gasteiger charge is -2.20. The van der Waals surface area contributed by atoms with Crippen molar-refractivity contribution < 1.29 is 4.43 Å². The summed E-state index contributed by atoms with van der Waals surface area (Å²) in [6.45, 7) is 8.57. The fraction of sp³-hybridized carbons (Fsp3) is 0.312. The van der Waals surface area contributed by atoms with E-state index >= 15 is 0 Å². The van der Waals surface area contributed by atoms with Crippen LogP contribution in [0.1, 0.15) is 11.3 Å². The van der Waals surface area contributed by atoms with Crippen molar-refractivity contribution in [3.05, 3.63) is 48.0 Å². The summed E-state index contributed by atoms with van der Waals surface area (Å²) >= 11 is 0. The summed E-state index contributed by atoms with van der Waals surface area (Å²) in [5.74, 6) is 0.865. The molecule has 1 aromatic carbocycles. The van der Waals surface area contributed by atoms with Gasteiger partial charge in [-0.25, -0.2) is 0 Å². The third-order valence-corrected chi connectivity index (χ3v) is 3.51. The van der Waals surface area contributed by atoms with Gasteiger partial charge in [-0.3, -0.25) is 15.0 Å². The largest absolute Gasteiger partial charge is 0.543 e. The topological polar surface area (TPSA) is 47.4 Å². The van der Waals surface area contributed by atoms with Crippen LogP contribution in [0.25, 0.3) is 0 Å². The molecule has 0 N–H and O–H groups in total. The Morgan fingerprint density at radius 1 is 1.24 bits per heavy atom. The zero-order chi connectivity index (χ0) is 15.3. The Labute approximate surface area is 127 Å². The fourth-order valence-corrected chi connectivity index (χ4v) is 2.64. The molecule has 0 saturated carbocycles. The lowest BCUT2D eigenvalue weighted by Crippen LogP contribution is -2.29. The van der Waals surface area contributed by atoms with E-state index in [9.17, 15) is 0 Å². The van der Waals surface area contributed by atoms with Crippen molar-refractivity contribution >= 4 is 20.2 Å². The molecule has 21 heavy (non-hydrogen) atoms. The van der Waals surface area contributed by atoms with E-state index in [0.29, 0.717) is 6.42 Å². The van der Waals surface area contributed by atoms with E-state index in [4.69, 9.17) is 4.43 Å². The number of nitrogens with zero attached hydrogens (tertiary/aromatic N) is 3. The van der Waals surface area contributed by atoms with E-state index < -0.39 is 8.32 Å². The van der Waals surface area contributed by atoms with Gasteiger partial charge in [0.25, 0.3) is 0 Å². The molecule has 0 aliphatic rings. The van der Waals surface area contributed by atoms with Crippen molar-refractivity contribution in [3.63, 3.8) is 0 Å². The molecular formula is C16H21N3OSi. The molecule has 0 aliphatic carbocycles. The Morgan fingerprint density at radius 2 is 2.05 bits per heavy atom. The Balaban J connectivity index is 2.15. The number of hydrogen-bond donors (Lipinski definition) is 0. The van der Waals surface area contributed by atoms with Crippen molar-refractivity contribution in [3.8, 4) is 5.75 Å². The molecule has 1 heterocycles. The van der Waals surface area contributed by atoms with Gasteiger partial charge in [-0.15, -0.1) is 0 Å². The smallest absolute Gasteiger partial charge is 0.242 e. The summed E-state index contributed by atoms with van der Waals surface area (Å²) in [6, 6.07) is 6.09. The summed E-state index contributed by atoms with van der Waals surface area (Å²) in [4.78, 5) is 12.8. The third kappa shape index (κ3) is 5.11. The fourth-order valence-electron chi connectivity index (χ4n) is 1.81. The first-order valence-corrected chi connectivity index (χ1v) is 10.4. The minimum absolute atomic E-state index is 0.661. The monoisotopic (exact) mass is 299 g/mol. The molecule has 4 nitrogen and oxygen atoms in total. The molecule has 0 aliphatic heterocycles. The first kappa shape index (κ1) is 15.4. The minimum Gasteiger partial charge on any atom is -0.543 e. The van der Waals surface area contributed by atoms with Crippen LogP contribution in [0.2, 0.25) is 19.6 Å². The van der Waals surface area contributed by atoms with E-state index in [1.54, 1.807) is 18.6 Å². The first-order chi connectivity index (χ1) is 9.94. The standard InChI is InChI=1S/C16H21N3OSi/c1-13-5-6-15(16(11-13)20-21(2,3)4)19-8-7-14-12-17-9-10-18-14/h5-6,8-12H,7H2,1-4H3. The van der Waals surface area contributed by atoms with Gasteiger partial charge in [0.1, 0.15) is 11.4 Å². The van der Waals surface area contributed by atoms with Crippen LogP contribution in [0.15, 0.2) is 41.8 Å². The Hall–Kier alpha value is -2.01. The Kier molecular flexibility index (Phi) is 4.85. The van der Waals surface area contributed by atoms with Crippen LogP contribution < -0.4 is 4.43 Å². The lowest BCUT2D eigenvalue weighted by molar-refractivity contribution is 0.558. The average molecular weight is 299 g/mol. The van der Waals surface area contributed by atoms with Gasteiger partial charge in [0.2, 0.25) is 8.32 Å². The van der Waals surface area contributed by atoms with E-state index in [2.05, 4.69) is 41.5 Å². The molecule has 0 unspecified atom stereocenters. The second-order valence-electron chi connectivity index (χ2n) is 5.90. The molecule has 110 valence electrons. The molecule has 0 saturated heterocycles. The number of aliphatic imine (C=N–C) groups is 1. The van der Waals surface area contributed by atoms with Crippen molar-refractivity contribution in [1.82, 2.24) is 9.97 Å². The number of hydrogen-bond acceptors (Lipinski definition) is 4. The molecule has 0 atom stereocenters. The highest BCUT2D eigenvalue weighted by atomic mass is 28.4. The maximum Gasteiger partial charge on any atom is 0.242 e. The molecule has 0 fully saturated rings. The van der Waals surface area contributed by atoms with Crippen LogP contribution in [0.4, 0.5) is 5.69 Å². The summed E-state index contributed by atoms with van der Waals surface area (Å²) in [7, 11) is -1.65. The lowest BCUT2D eigenvalue weighted by atomic mass is 10.2. The van der Waals surface area contributed by atoms with Gasteiger partial charge in [-0.2, -0.15) is 0 Å². The highest BCUT2D eigenvalue weighted by Gasteiger charge is 2.18. The molecule has 2 aromatic rings. The van der Waals surface area contributed by atoms with Gasteiger partial charge in [-0.1, -0.05) is 6.07 Å². The highest BCUT2D eigenvalue weighted by molar-refractivity contribution is 6.70. The van der Waals surface area contributed by atoms with Crippen LogP contribution in [-0.4, -0.2) is 24.5 Å². The van der Waals surface area contributed by atoms with E-state index in [-0.39, 0.29) is 0 Å². The summed E-state index contributed by atoms with van der Waals surface area (Å²) in [6.07, 6.45) is 7.62.